The second-order valence-corrected chi connectivity index (χ2v) is 3.63. The molecule has 0 aromatic rings. The highest BCUT2D eigenvalue weighted by molar-refractivity contribution is 5.78. The van der Waals surface area contributed by atoms with Gasteiger partial charge in [-0.05, 0) is 19.3 Å². The van der Waals surface area contributed by atoms with Gasteiger partial charge in [0.2, 0.25) is 0 Å². The molecule has 1 fully saturated rings. The Labute approximate surface area is 88.0 Å². The van der Waals surface area contributed by atoms with Crippen molar-refractivity contribution in [3.63, 3.8) is 0 Å². The fourth-order valence-corrected chi connectivity index (χ4v) is 1.89. The first-order valence-corrected chi connectivity index (χ1v) is 5.89. The average molecular weight is 200 g/mol. The molecule has 1 aliphatic rings. The number of rotatable bonds is 3. The van der Waals surface area contributed by atoms with Crippen molar-refractivity contribution in [3.8, 4) is 0 Å². The number of hydrogen-bond donors (Lipinski definition) is 0. The van der Waals surface area contributed by atoms with E-state index < -0.39 is 0 Å². The molecule has 0 radical (unpaired) electrons. The van der Waals surface area contributed by atoms with Crippen LogP contribution < -0.4 is 0 Å². The van der Waals surface area contributed by atoms with Crippen molar-refractivity contribution < 1.29 is 9.53 Å². The molecule has 1 atom stereocenters. The van der Waals surface area contributed by atoms with Crippen LogP contribution in [0.15, 0.2) is 0 Å². The molecule has 1 saturated heterocycles. The predicted molar refractivity (Wildman–Crippen MR) is 59.2 cm³/mol. The highest BCUT2D eigenvalue weighted by atomic mass is 16.6. The second-order valence-electron chi connectivity index (χ2n) is 3.63. The maximum absolute atomic E-state index is 11.5. The van der Waals surface area contributed by atoms with E-state index in [1.807, 2.05) is 13.8 Å². The Hall–Kier alpha value is -0.530. The van der Waals surface area contributed by atoms with E-state index >= 15 is 0 Å². The van der Waals surface area contributed by atoms with Crippen LogP contribution in [0.25, 0.3) is 0 Å². The Morgan fingerprint density at radius 1 is 1.29 bits per heavy atom. The number of esters is 1. The standard InChI is InChI=1S/C10H18O2.C2H6/c1-4-8-7-10(5-2,6-3)9(11)12-8;1-2/h8H,4-7H2,1-3H3;1-2H3. The normalized spacial score (nSPS) is 23.8. The molecule has 84 valence electrons. The molecule has 14 heavy (non-hydrogen) atoms. The van der Waals surface area contributed by atoms with Gasteiger partial charge >= 0.3 is 5.97 Å². The van der Waals surface area contributed by atoms with Gasteiger partial charge in [0.15, 0.2) is 0 Å². The fourth-order valence-electron chi connectivity index (χ4n) is 1.89. The van der Waals surface area contributed by atoms with Crippen LogP contribution in [0.2, 0.25) is 0 Å². The summed E-state index contributed by atoms with van der Waals surface area (Å²) >= 11 is 0. The molecule has 0 bridgehead atoms. The number of hydrogen-bond acceptors (Lipinski definition) is 2. The van der Waals surface area contributed by atoms with E-state index in [0.29, 0.717) is 0 Å². The summed E-state index contributed by atoms with van der Waals surface area (Å²) in [5.74, 6) is 0.0272. The van der Waals surface area contributed by atoms with E-state index in [1.165, 1.54) is 0 Å². The monoisotopic (exact) mass is 200 g/mol. The summed E-state index contributed by atoms with van der Waals surface area (Å²) in [6, 6.07) is 0. The molecule has 2 heteroatoms. The van der Waals surface area contributed by atoms with Crippen molar-refractivity contribution in [3.05, 3.63) is 0 Å². The first kappa shape index (κ1) is 13.5. The Morgan fingerprint density at radius 3 is 2.00 bits per heavy atom. The van der Waals surface area contributed by atoms with Gasteiger partial charge < -0.3 is 4.74 Å². The van der Waals surface area contributed by atoms with Gasteiger partial charge in [-0.3, -0.25) is 4.79 Å². The van der Waals surface area contributed by atoms with Crippen LogP contribution in [-0.4, -0.2) is 12.1 Å². The molecule has 0 amide bonds. The lowest BCUT2D eigenvalue weighted by Crippen LogP contribution is -2.24. The van der Waals surface area contributed by atoms with Crippen molar-refractivity contribution in [2.24, 2.45) is 5.41 Å². The van der Waals surface area contributed by atoms with Crippen LogP contribution in [0.5, 0.6) is 0 Å². The number of ether oxygens (including phenoxy) is 1. The van der Waals surface area contributed by atoms with E-state index in [2.05, 4.69) is 20.8 Å². The minimum Gasteiger partial charge on any atom is -0.462 e. The van der Waals surface area contributed by atoms with E-state index in [-0.39, 0.29) is 17.5 Å². The Bertz CT molecular complexity index is 171. The number of carbonyl (C=O) groups is 1. The Kier molecular flexibility index (Phi) is 5.82. The third-order valence-electron chi connectivity index (χ3n) is 3.13. The Balaban J connectivity index is 0.000000791. The molecule has 1 aliphatic heterocycles. The van der Waals surface area contributed by atoms with E-state index in [1.54, 1.807) is 0 Å². The van der Waals surface area contributed by atoms with Gasteiger partial charge in [-0.25, -0.2) is 0 Å². The molecule has 0 spiro atoms. The minimum atomic E-state index is -0.152. The zero-order valence-electron chi connectivity index (χ0n) is 10.2. The summed E-state index contributed by atoms with van der Waals surface area (Å²) in [5.41, 5.74) is -0.152. The minimum absolute atomic E-state index is 0.0272. The smallest absolute Gasteiger partial charge is 0.312 e. The van der Waals surface area contributed by atoms with Gasteiger partial charge in [-0.2, -0.15) is 0 Å². The van der Waals surface area contributed by atoms with Gasteiger partial charge in [-0.1, -0.05) is 34.6 Å². The molecule has 0 saturated carbocycles. The predicted octanol–water partition coefficient (Wildman–Crippen LogP) is 3.54. The van der Waals surface area contributed by atoms with Gasteiger partial charge in [0, 0.05) is 6.42 Å². The summed E-state index contributed by atoms with van der Waals surface area (Å²) in [7, 11) is 0. The summed E-state index contributed by atoms with van der Waals surface area (Å²) in [6.45, 7) is 10.2. The first-order chi connectivity index (χ1) is 6.68. The molecule has 0 aromatic heterocycles. The lowest BCUT2D eigenvalue weighted by Gasteiger charge is -2.19. The fraction of sp³-hybridized carbons (Fsp3) is 0.917. The quantitative estimate of drug-likeness (QED) is 0.651. The maximum atomic E-state index is 11.5. The van der Waals surface area contributed by atoms with E-state index in [0.717, 1.165) is 25.7 Å². The molecular weight excluding hydrogens is 176 g/mol. The summed E-state index contributed by atoms with van der Waals surface area (Å²) in [6.07, 6.45) is 3.89. The van der Waals surface area contributed by atoms with Crippen molar-refractivity contribution >= 4 is 5.97 Å². The zero-order valence-corrected chi connectivity index (χ0v) is 10.2. The van der Waals surface area contributed by atoms with Crippen molar-refractivity contribution in [1.82, 2.24) is 0 Å². The molecule has 0 N–H and O–H groups in total. The largest absolute Gasteiger partial charge is 0.462 e. The molecular formula is C12H24O2. The van der Waals surface area contributed by atoms with Crippen LogP contribution in [-0.2, 0) is 9.53 Å². The van der Waals surface area contributed by atoms with E-state index in [9.17, 15) is 4.79 Å². The molecule has 0 aromatic carbocycles. The molecule has 1 unspecified atom stereocenters. The average Bonchev–Trinajstić information content (AvgIpc) is 2.58. The molecule has 1 heterocycles. The van der Waals surface area contributed by atoms with Crippen molar-refractivity contribution in [1.29, 1.82) is 0 Å². The number of cyclic esters (lactones) is 1. The van der Waals surface area contributed by atoms with Crippen LogP contribution in [0.3, 0.4) is 0 Å². The van der Waals surface area contributed by atoms with E-state index in [4.69, 9.17) is 4.74 Å². The van der Waals surface area contributed by atoms with Crippen LogP contribution >= 0.6 is 0 Å². The van der Waals surface area contributed by atoms with Crippen LogP contribution in [0, 0.1) is 5.41 Å². The number of carbonyl (C=O) groups excluding carboxylic acids is 1. The van der Waals surface area contributed by atoms with Crippen molar-refractivity contribution in [2.45, 2.75) is 66.4 Å². The summed E-state index contributed by atoms with van der Waals surface area (Å²) < 4.78 is 5.27. The topological polar surface area (TPSA) is 26.3 Å². The lowest BCUT2D eigenvalue weighted by molar-refractivity contribution is -0.149. The molecule has 0 aliphatic carbocycles. The first-order valence-electron chi connectivity index (χ1n) is 5.89. The lowest BCUT2D eigenvalue weighted by atomic mass is 9.79. The van der Waals surface area contributed by atoms with Crippen molar-refractivity contribution in [2.75, 3.05) is 0 Å². The summed E-state index contributed by atoms with van der Waals surface area (Å²) in [4.78, 5) is 11.5. The maximum Gasteiger partial charge on any atom is 0.312 e. The van der Waals surface area contributed by atoms with Crippen LogP contribution in [0.4, 0.5) is 0 Å². The van der Waals surface area contributed by atoms with Crippen LogP contribution in [0.1, 0.15) is 60.3 Å². The highest BCUT2D eigenvalue weighted by Gasteiger charge is 2.45. The molecule has 2 nitrogen and oxygen atoms in total. The zero-order chi connectivity index (χ0) is 11.2. The third kappa shape index (κ3) is 2.49. The van der Waals surface area contributed by atoms with Gasteiger partial charge in [0.1, 0.15) is 6.10 Å². The third-order valence-corrected chi connectivity index (χ3v) is 3.13. The van der Waals surface area contributed by atoms with Gasteiger partial charge in [0.25, 0.3) is 0 Å². The summed E-state index contributed by atoms with van der Waals surface area (Å²) in [5, 5.41) is 0. The highest BCUT2D eigenvalue weighted by Crippen LogP contribution is 2.40. The SMILES string of the molecule is CC.CCC1CC(CC)(CC)C(=O)O1. The van der Waals surface area contributed by atoms with Gasteiger partial charge in [0.05, 0.1) is 5.41 Å². The second kappa shape index (κ2) is 6.05. The Morgan fingerprint density at radius 2 is 1.79 bits per heavy atom. The van der Waals surface area contributed by atoms with Gasteiger partial charge in [-0.15, -0.1) is 0 Å². The molecule has 1 rings (SSSR count).